The number of nitrogens with one attached hydrogen (secondary N) is 1. The fourth-order valence-electron chi connectivity index (χ4n) is 3.60. The second kappa shape index (κ2) is 10.4. The molecule has 3 aromatic rings. The highest BCUT2D eigenvalue weighted by Gasteiger charge is 2.16. The number of likely N-dealkylation sites (tertiary alicyclic amines) is 1. The molecular weight excluding hydrogens is 447 g/mol. The Morgan fingerprint density at radius 2 is 1.83 bits per heavy atom. The predicted octanol–water partition coefficient (Wildman–Crippen LogP) is 4.68. The van der Waals surface area contributed by atoms with E-state index in [0.29, 0.717) is 27.4 Å². The zero-order valence-corrected chi connectivity index (χ0v) is 18.7. The molecule has 2 aromatic heterocycles. The van der Waals surface area contributed by atoms with Crippen LogP contribution in [0.4, 0.5) is 5.82 Å². The van der Waals surface area contributed by atoms with Crippen molar-refractivity contribution in [1.29, 1.82) is 0 Å². The molecule has 0 radical (unpaired) electrons. The Balaban J connectivity index is 0.00000256. The summed E-state index contributed by atoms with van der Waals surface area (Å²) in [5, 5.41) is 8.73. The van der Waals surface area contributed by atoms with Crippen molar-refractivity contribution in [2.24, 2.45) is 0 Å². The van der Waals surface area contributed by atoms with Crippen LogP contribution in [-0.4, -0.2) is 50.2 Å². The molecule has 0 bridgehead atoms. The average Bonchev–Trinajstić information content (AvgIpc) is 2.94. The van der Waals surface area contributed by atoms with Gasteiger partial charge < -0.3 is 10.2 Å². The number of hydrogen-bond donors (Lipinski definition) is 1. The number of nitrogens with zero attached hydrogens (tertiary/aromatic N) is 5. The van der Waals surface area contributed by atoms with E-state index in [0.717, 1.165) is 26.2 Å². The van der Waals surface area contributed by atoms with Crippen molar-refractivity contribution in [3.63, 3.8) is 0 Å². The molecule has 160 valence electrons. The average molecular weight is 470 g/mol. The molecule has 1 aliphatic heterocycles. The third-order valence-electron chi connectivity index (χ3n) is 5.17. The highest BCUT2D eigenvalue weighted by atomic mass is 35.5. The molecule has 3 heterocycles. The first-order valence-corrected chi connectivity index (χ1v) is 10.5. The van der Waals surface area contributed by atoms with Gasteiger partial charge in [0, 0.05) is 11.6 Å². The van der Waals surface area contributed by atoms with Gasteiger partial charge in [-0.1, -0.05) is 36.0 Å². The lowest BCUT2D eigenvalue weighted by molar-refractivity contribution is 0.102. The molecule has 1 N–H and O–H groups in total. The van der Waals surface area contributed by atoms with Crippen molar-refractivity contribution < 1.29 is 4.79 Å². The lowest BCUT2D eigenvalue weighted by atomic mass is 10.2. The van der Waals surface area contributed by atoms with Gasteiger partial charge in [0.05, 0.1) is 28.7 Å². The van der Waals surface area contributed by atoms with Gasteiger partial charge in [0.25, 0.3) is 5.91 Å². The van der Waals surface area contributed by atoms with Crippen LogP contribution in [0.1, 0.15) is 36.0 Å². The number of anilines is 1. The molecule has 1 fully saturated rings. The van der Waals surface area contributed by atoms with E-state index in [-0.39, 0.29) is 23.3 Å². The van der Waals surface area contributed by atoms with E-state index >= 15 is 0 Å². The number of aromatic nitrogens is 4. The molecule has 10 heteroatoms. The minimum absolute atomic E-state index is 0. The van der Waals surface area contributed by atoms with Crippen molar-refractivity contribution >= 4 is 58.4 Å². The molecule has 1 amide bonds. The summed E-state index contributed by atoms with van der Waals surface area (Å²) in [6.07, 6.45) is 8.27. The first-order valence-electron chi connectivity index (χ1n) is 9.77. The molecule has 1 saturated heterocycles. The van der Waals surface area contributed by atoms with Crippen molar-refractivity contribution in [3.05, 3.63) is 46.3 Å². The van der Waals surface area contributed by atoms with Gasteiger partial charge in [-0.3, -0.25) is 4.79 Å². The van der Waals surface area contributed by atoms with Crippen molar-refractivity contribution in [2.75, 3.05) is 25.0 Å². The maximum Gasteiger partial charge on any atom is 0.258 e. The molecule has 0 spiro atoms. The monoisotopic (exact) mass is 468 g/mol. The van der Waals surface area contributed by atoms with Gasteiger partial charge in [-0.15, -0.1) is 12.4 Å². The minimum atomic E-state index is -0.357. The van der Waals surface area contributed by atoms with Gasteiger partial charge in [0.2, 0.25) is 0 Å². The lowest BCUT2D eigenvalue weighted by Crippen LogP contribution is -2.28. The molecular formula is C20H23Cl3N6O. The Hall–Kier alpha value is -1.93. The summed E-state index contributed by atoms with van der Waals surface area (Å²) in [4.78, 5) is 23.7. The van der Waals surface area contributed by atoms with E-state index < -0.39 is 0 Å². The molecule has 1 aliphatic rings. The van der Waals surface area contributed by atoms with Crippen molar-refractivity contribution in [1.82, 2.24) is 24.6 Å². The second-order valence-corrected chi connectivity index (χ2v) is 8.01. The van der Waals surface area contributed by atoms with Crippen LogP contribution in [-0.2, 0) is 6.54 Å². The first kappa shape index (κ1) is 22.7. The van der Waals surface area contributed by atoms with Crippen LogP contribution in [0.2, 0.25) is 10.0 Å². The van der Waals surface area contributed by atoms with Gasteiger partial charge in [-0.2, -0.15) is 5.10 Å². The van der Waals surface area contributed by atoms with E-state index in [1.165, 1.54) is 38.1 Å². The molecule has 0 atom stereocenters. The van der Waals surface area contributed by atoms with E-state index in [4.69, 9.17) is 23.2 Å². The predicted molar refractivity (Wildman–Crippen MR) is 122 cm³/mol. The van der Waals surface area contributed by atoms with Crippen LogP contribution < -0.4 is 5.32 Å². The number of carbonyl (C=O) groups excluding carboxylic acids is 1. The number of halogens is 3. The highest BCUT2D eigenvalue weighted by molar-refractivity contribution is 6.37. The number of rotatable bonds is 5. The standard InChI is InChI=1S/C20H22Cl2N6O.ClH/c21-14-5-6-15(17(22)11-14)20(29)26-18-16-12-25-28(19(16)24-13-23-18)10-9-27-7-3-1-2-4-8-27;/h5-6,11-13H,1-4,7-10H2,(H,23,24,26,29);1H. The van der Waals surface area contributed by atoms with Gasteiger partial charge in [0.1, 0.15) is 12.1 Å². The Bertz CT molecular complexity index is 1020. The van der Waals surface area contributed by atoms with Crippen LogP contribution in [0.25, 0.3) is 11.0 Å². The van der Waals surface area contributed by atoms with Crippen LogP contribution >= 0.6 is 35.6 Å². The summed E-state index contributed by atoms with van der Waals surface area (Å²) in [5.74, 6) is 0.0519. The smallest absolute Gasteiger partial charge is 0.258 e. The molecule has 0 saturated carbocycles. The van der Waals surface area contributed by atoms with Gasteiger partial charge in [-0.05, 0) is 44.1 Å². The molecule has 1 aromatic carbocycles. The Morgan fingerprint density at radius 1 is 1.07 bits per heavy atom. The number of carbonyl (C=O) groups is 1. The number of hydrogen-bond acceptors (Lipinski definition) is 5. The maximum absolute atomic E-state index is 12.6. The van der Waals surface area contributed by atoms with Crippen LogP contribution in [0, 0.1) is 0 Å². The largest absolute Gasteiger partial charge is 0.306 e. The van der Waals surface area contributed by atoms with Crippen LogP contribution in [0.5, 0.6) is 0 Å². The Kier molecular flexibility index (Phi) is 7.88. The normalized spacial score (nSPS) is 14.9. The third-order valence-corrected chi connectivity index (χ3v) is 5.72. The molecule has 7 nitrogen and oxygen atoms in total. The Labute approximate surface area is 191 Å². The number of benzene rings is 1. The summed E-state index contributed by atoms with van der Waals surface area (Å²) in [7, 11) is 0. The lowest BCUT2D eigenvalue weighted by Gasteiger charge is -2.19. The van der Waals surface area contributed by atoms with Crippen LogP contribution in [0.3, 0.4) is 0 Å². The Morgan fingerprint density at radius 3 is 2.57 bits per heavy atom. The molecule has 0 aliphatic carbocycles. The fourth-order valence-corrected chi connectivity index (χ4v) is 4.09. The topological polar surface area (TPSA) is 75.9 Å². The maximum atomic E-state index is 12.6. The van der Waals surface area contributed by atoms with E-state index in [9.17, 15) is 4.79 Å². The minimum Gasteiger partial charge on any atom is -0.306 e. The molecule has 30 heavy (non-hydrogen) atoms. The van der Waals surface area contributed by atoms with E-state index in [1.807, 2.05) is 4.68 Å². The first-order chi connectivity index (χ1) is 14.1. The third kappa shape index (κ3) is 5.21. The zero-order chi connectivity index (χ0) is 20.2. The number of fused-ring (bicyclic) bond motifs is 1. The van der Waals surface area contributed by atoms with Gasteiger partial charge in [0.15, 0.2) is 5.65 Å². The SMILES string of the molecule is Cl.O=C(Nc1ncnc2c1cnn2CCN1CCCCCC1)c1ccc(Cl)cc1Cl. The molecule has 4 rings (SSSR count). The van der Waals surface area contributed by atoms with Gasteiger partial charge >= 0.3 is 0 Å². The summed E-state index contributed by atoms with van der Waals surface area (Å²) in [6, 6.07) is 4.75. The quantitative estimate of drug-likeness (QED) is 0.587. The van der Waals surface area contributed by atoms with E-state index in [2.05, 4.69) is 25.3 Å². The summed E-state index contributed by atoms with van der Waals surface area (Å²) in [6.45, 7) is 3.95. The highest BCUT2D eigenvalue weighted by Crippen LogP contribution is 2.24. The van der Waals surface area contributed by atoms with Crippen molar-refractivity contribution in [3.8, 4) is 0 Å². The second-order valence-electron chi connectivity index (χ2n) is 7.16. The van der Waals surface area contributed by atoms with Crippen LogP contribution in [0.15, 0.2) is 30.7 Å². The summed E-state index contributed by atoms with van der Waals surface area (Å²) >= 11 is 12.0. The van der Waals surface area contributed by atoms with E-state index in [1.54, 1.807) is 18.3 Å². The number of amides is 1. The zero-order valence-electron chi connectivity index (χ0n) is 16.4. The van der Waals surface area contributed by atoms with Crippen molar-refractivity contribution in [2.45, 2.75) is 32.2 Å². The molecule has 0 unspecified atom stereocenters. The van der Waals surface area contributed by atoms with Gasteiger partial charge in [-0.25, -0.2) is 14.6 Å². The summed E-state index contributed by atoms with van der Waals surface area (Å²) < 4.78 is 1.87. The fraction of sp³-hybridized carbons (Fsp3) is 0.400. The summed E-state index contributed by atoms with van der Waals surface area (Å²) in [5.41, 5.74) is 1.03.